The van der Waals surface area contributed by atoms with Gasteiger partial charge in [0.1, 0.15) is 6.04 Å². The number of anilines is 1. The molecule has 1 aromatic heterocycles. The van der Waals surface area contributed by atoms with Gasteiger partial charge < -0.3 is 25.0 Å². The summed E-state index contributed by atoms with van der Waals surface area (Å²) in [6, 6.07) is 6.79. The highest BCUT2D eigenvalue weighted by Crippen LogP contribution is 2.28. The normalized spacial score (nSPS) is 15.0. The SMILES string of the molecule is COc1ccc(C[C@H](NC(C)=O)C(=O)NC2CCN(c3nc(C)cc(C)n3)CC2)cc1OC. The predicted molar refractivity (Wildman–Crippen MR) is 126 cm³/mol. The van der Waals surface area contributed by atoms with E-state index in [1.165, 1.54) is 6.92 Å². The van der Waals surface area contributed by atoms with Gasteiger partial charge in [-0.3, -0.25) is 9.59 Å². The number of aromatic nitrogens is 2. The maximum Gasteiger partial charge on any atom is 0.243 e. The first-order valence-corrected chi connectivity index (χ1v) is 11.1. The van der Waals surface area contributed by atoms with Crippen LogP contribution in [0.5, 0.6) is 11.5 Å². The highest BCUT2D eigenvalue weighted by atomic mass is 16.5. The third kappa shape index (κ3) is 6.57. The fraction of sp³-hybridized carbons (Fsp3) is 0.500. The molecule has 1 aliphatic heterocycles. The molecule has 0 aliphatic carbocycles. The molecule has 2 N–H and O–H groups in total. The van der Waals surface area contributed by atoms with Gasteiger partial charge in [0.05, 0.1) is 14.2 Å². The molecule has 1 aromatic carbocycles. The lowest BCUT2D eigenvalue weighted by molar-refractivity contribution is -0.128. The van der Waals surface area contributed by atoms with Crippen LogP contribution in [0.25, 0.3) is 0 Å². The average molecular weight is 456 g/mol. The largest absolute Gasteiger partial charge is 0.493 e. The number of piperidine rings is 1. The van der Waals surface area contributed by atoms with Crippen LogP contribution in [-0.4, -0.2) is 61.2 Å². The summed E-state index contributed by atoms with van der Waals surface area (Å²) < 4.78 is 10.6. The Kier molecular flexibility index (Phi) is 8.08. The summed E-state index contributed by atoms with van der Waals surface area (Å²) in [7, 11) is 3.14. The maximum absolute atomic E-state index is 13.0. The molecule has 178 valence electrons. The Balaban J connectivity index is 1.62. The van der Waals surface area contributed by atoms with Crippen LogP contribution in [0, 0.1) is 13.8 Å². The molecule has 0 radical (unpaired) electrons. The number of nitrogens with one attached hydrogen (secondary N) is 2. The van der Waals surface area contributed by atoms with Gasteiger partial charge >= 0.3 is 0 Å². The minimum Gasteiger partial charge on any atom is -0.493 e. The maximum atomic E-state index is 13.0. The number of hydrogen-bond acceptors (Lipinski definition) is 7. The Hall–Kier alpha value is -3.36. The lowest BCUT2D eigenvalue weighted by atomic mass is 10.0. The second kappa shape index (κ2) is 11.0. The highest BCUT2D eigenvalue weighted by Gasteiger charge is 2.27. The summed E-state index contributed by atoms with van der Waals surface area (Å²) in [4.78, 5) is 36.0. The number of benzene rings is 1. The molecular weight excluding hydrogens is 422 g/mol. The van der Waals surface area contributed by atoms with Crippen LogP contribution in [0.15, 0.2) is 24.3 Å². The van der Waals surface area contributed by atoms with E-state index in [0.29, 0.717) is 17.9 Å². The smallest absolute Gasteiger partial charge is 0.243 e. The fourth-order valence-electron chi connectivity index (χ4n) is 4.07. The van der Waals surface area contributed by atoms with Crippen LogP contribution in [-0.2, 0) is 16.0 Å². The van der Waals surface area contributed by atoms with Gasteiger partial charge in [-0.15, -0.1) is 0 Å². The van der Waals surface area contributed by atoms with E-state index >= 15 is 0 Å². The summed E-state index contributed by atoms with van der Waals surface area (Å²) in [6.07, 6.45) is 1.91. The summed E-state index contributed by atoms with van der Waals surface area (Å²) in [5.41, 5.74) is 2.76. The second-order valence-corrected chi connectivity index (χ2v) is 8.37. The lowest BCUT2D eigenvalue weighted by Crippen LogP contribution is -2.52. The van der Waals surface area contributed by atoms with Gasteiger partial charge in [0.15, 0.2) is 11.5 Å². The molecule has 1 fully saturated rings. The molecule has 3 rings (SSSR count). The van der Waals surface area contributed by atoms with E-state index in [-0.39, 0.29) is 17.9 Å². The van der Waals surface area contributed by atoms with Gasteiger partial charge in [-0.05, 0) is 50.5 Å². The van der Waals surface area contributed by atoms with Gasteiger partial charge in [-0.25, -0.2) is 9.97 Å². The minimum atomic E-state index is -0.679. The molecule has 1 atom stereocenters. The zero-order valence-corrected chi connectivity index (χ0v) is 20.0. The third-order valence-electron chi connectivity index (χ3n) is 5.68. The number of carbonyl (C=O) groups is 2. The number of carbonyl (C=O) groups excluding carboxylic acids is 2. The Morgan fingerprint density at radius 1 is 1.06 bits per heavy atom. The van der Waals surface area contributed by atoms with E-state index in [0.717, 1.165) is 48.8 Å². The van der Waals surface area contributed by atoms with Crippen molar-refractivity contribution in [2.45, 2.75) is 52.1 Å². The van der Waals surface area contributed by atoms with Crippen LogP contribution in [0.4, 0.5) is 5.95 Å². The van der Waals surface area contributed by atoms with Crippen LogP contribution < -0.4 is 25.0 Å². The first kappa shape index (κ1) is 24.3. The van der Waals surface area contributed by atoms with Crippen molar-refractivity contribution in [3.05, 3.63) is 41.2 Å². The molecule has 2 aromatic rings. The van der Waals surface area contributed by atoms with E-state index in [1.807, 2.05) is 32.0 Å². The summed E-state index contributed by atoms with van der Waals surface area (Å²) in [5, 5.41) is 5.89. The van der Waals surface area contributed by atoms with Crippen LogP contribution in [0.1, 0.15) is 36.7 Å². The van der Waals surface area contributed by atoms with Gasteiger partial charge in [-0.2, -0.15) is 0 Å². The Bertz CT molecular complexity index is 969. The molecule has 9 heteroatoms. The van der Waals surface area contributed by atoms with E-state index in [4.69, 9.17) is 9.47 Å². The molecule has 0 spiro atoms. The first-order chi connectivity index (χ1) is 15.8. The van der Waals surface area contributed by atoms with Crippen molar-refractivity contribution >= 4 is 17.8 Å². The third-order valence-corrected chi connectivity index (χ3v) is 5.68. The van der Waals surface area contributed by atoms with Gasteiger partial charge in [0, 0.05) is 43.9 Å². The van der Waals surface area contributed by atoms with E-state index in [1.54, 1.807) is 20.3 Å². The molecule has 9 nitrogen and oxygen atoms in total. The van der Waals surface area contributed by atoms with Crippen molar-refractivity contribution in [1.82, 2.24) is 20.6 Å². The van der Waals surface area contributed by atoms with Crippen molar-refractivity contribution < 1.29 is 19.1 Å². The summed E-state index contributed by atoms with van der Waals surface area (Å²) in [6.45, 7) is 6.86. The molecule has 33 heavy (non-hydrogen) atoms. The van der Waals surface area contributed by atoms with Crippen LogP contribution in [0.3, 0.4) is 0 Å². The Morgan fingerprint density at radius 3 is 2.27 bits per heavy atom. The number of ether oxygens (including phenoxy) is 2. The van der Waals surface area contributed by atoms with E-state index in [9.17, 15) is 9.59 Å². The summed E-state index contributed by atoms with van der Waals surface area (Å²) >= 11 is 0. The standard InChI is InChI=1S/C24H33N5O4/c1-15-12-16(2)26-24(25-15)29-10-8-19(9-11-29)28-23(31)20(27-17(3)30)13-18-6-7-21(32-4)22(14-18)33-5/h6-7,12,14,19-20H,8-11,13H2,1-5H3,(H,27,30)(H,28,31)/t20-/m0/s1. The van der Waals surface area contributed by atoms with Gasteiger partial charge in [0.25, 0.3) is 0 Å². The Morgan fingerprint density at radius 2 is 1.70 bits per heavy atom. The molecule has 2 heterocycles. The minimum absolute atomic E-state index is 0.0290. The van der Waals surface area contributed by atoms with Crippen molar-refractivity contribution in [2.24, 2.45) is 0 Å². The topological polar surface area (TPSA) is 106 Å². The quantitative estimate of drug-likeness (QED) is 0.627. The zero-order chi connectivity index (χ0) is 24.0. The summed E-state index contributed by atoms with van der Waals surface area (Å²) in [5.74, 6) is 1.49. The Labute approximate surface area is 194 Å². The monoisotopic (exact) mass is 455 g/mol. The van der Waals surface area contributed by atoms with Crippen molar-refractivity contribution in [2.75, 3.05) is 32.2 Å². The molecule has 1 saturated heterocycles. The fourth-order valence-corrected chi connectivity index (χ4v) is 4.07. The van der Waals surface area contributed by atoms with Crippen molar-refractivity contribution in [3.8, 4) is 11.5 Å². The van der Waals surface area contributed by atoms with Gasteiger partial charge in [-0.1, -0.05) is 6.07 Å². The van der Waals surface area contributed by atoms with Crippen LogP contribution in [0.2, 0.25) is 0 Å². The number of amides is 2. The van der Waals surface area contributed by atoms with E-state index < -0.39 is 6.04 Å². The second-order valence-electron chi connectivity index (χ2n) is 8.37. The first-order valence-electron chi connectivity index (χ1n) is 11.1. The lowest BCUT2D eigenvalue weighted by Gasteiger charge is -2.33. The molecule has 0 saturated carbocycles. The molecule has 0 bridgehead atoms. The highest BCUT2D eigenvalue weighted by molar-refractivity contribution is 5.87. The average Bonchev–Trinajstić information content (AvgIpc) is 2.78. The van der Waals surface area contributed by atoms with Crippen LogP contribution >= 0.6 is 0 Å². The zero-order valence-electron chi connectivity index (χ0n) is 20.0. The number of aryl methyl sites for hydroxylation is 2. The van der Waals surface area contributed by atoms with Crippen molar-refractivity contribution in [1.29, 1.82) is 0 Å². The molecule has 1 aliphatic rings. The van der Waals surface area contributed by atoms with Crippen molar-refractivity contribution in [3.63, 3.8) is 0 Å². The number of nitrogens with zero attached hydrogens (tertiary/aromatic N) is 3. The predicted octanol–water partition coefficient (Wildman–Crippen LogP) is 1.94. The van der Waals surface area contributed by atoms with E-state index in [2.05, 4.69) is 25.5 Å². The number of methoxy groups -OCH3 is 2. The molecule has 2 amide bonds. The van der Waals surface area contributed by atoms with Gasteiger partial charge in [0.2, 0.25) is 17.8 Å². The number of rotatable bonds is 8. The number of hydrogen-bond donors (Lipinski definition) is 2. The molecule has 0 unspecified atom stereocenters. The molecular formula is C24H33N5O4.